The normalized spacial score (nSPS) is 52.4. The lowest BCUT2D eigenvalue weighted by molar-refractivity contribution is -0.292. The van der Waals surface area contributed by atoms with Gasteiger partial charge in [-0.1, -0.05) is 20.1 Å². The number of Topliss-reactive ketones (excluding diaryl/α,β-unsaturated/α-hetero) is 1. The van der Waals surface area contributed by atoms with Crippen molar-refractivity contribution in [3.05, 3.63) is 24.3 Å². The number of methoxy groups -OCH3 is 1. The number of hydrogen-bond donors (Lipinski definition) is 2. The molecule has 290 valence electrons. The fourth-order valence-corrected chi connectivity index (χ4v) is 11.3. The van der Waals surface area contributed by atoms with E-state index < -0.39 is 18.0 Å². The van der Waals surface area contributed by atoms with Crippen molar-refractivity contribution in [1.29, 1.82) is 0 Å². The minimum Gasteiger partial charge on any atom is -0.392 e. The van der Waals surface area contributed by atoms with Crippen molar-refractivity contribution in [3.8, 4) is 0 Å². The zero-order valence-corrected chi connectivity index (χ0v) is 30.8. The number of carbonyl (C=O) groups is 1. The number of ketones is 1. The lowest BCUT2D eigenvalue weighted by Crippen LogP contribution is -2.61. The number of nitrogens with two attached hydrogens (primary N) is 1. The molecule has 0 aromatic heterocycles. The highest BCUT2D eigenvalue weighted by Gasteiger charge is 2.68. The van der Waals surface area contributed by atoms with Crippen molar-refractivity contribution in [3.63, 3.8) is 0 Å². The molecule has 3 N–H and O–H groups in total. The largest absolute Gasteiger partial charge is 0.392 e. The van der Waals surface area contributed by atoms with Crippen LogP contribution in [0.5, 0.6) is 0 Å². The average Bonchev–Trinajstić information content (AvgIpc) is 3.79. The summed E-state index contributed by atoms with van der Waals surface area (Å²) in [4.78, 5) is 14.1. The Morgan fingerprint density at radius 1 is 0.808 bits per heavy atom. The zero-order chi connectivity index (χ0) is 35.9. The highest BCUT2D eigenvalue weighted by Crippen LogP contribution is 2.54. The monoisotopic (exact) mass is 729 g/mol. The molecule has 12 bridgehead atoms. The lowest BCUT2D eigenvalue weighted by atomic mass is 9.81. The Kier molecular flexibility index (Phi) is 10.0. The Morgan fingerprint density at radius 2 is 1.56 bits per heavy atom. The standard InChI is InChI=1S/C40H59NO11/c1-19-11-24-5-7-28-20(2)12-26(45-28)9-10-40-17-33-36(51-40)37-38(50-33)39(52-40)35-29(49-37)8-6-25(47-35)13-22(42)14-27-31(16-30(46-24)21(19)3)48-32(34(27)44-4)15-23(43)18-41/h19,23-39,43H,2-3,5-18,41H2,1,4H3/t19-,23?,24+,25?,26?,27?,28?,29+,30-,31+,32-,33-,34-,35?,36?,37?,38?,39?,40+/m1/s1. The van der Waals surface area contributed by atoms with Crippen LogP contribution in [-0.4, -0.2) is 128 Å². The molecule has 10 saturated heterocycles. The first-order chi connectivity index (χ1) is 25.1. The molecule has 1 spiro atoms. The maximum absolute atomic E-state index is 14.1. The number of carbonyl (C=O) groups excluding carboxylic acids is 1. The number of rotatable bonds is 4. The molecule has 10 aliphatic rings. The van der Waals surface area contributed by atoms with Gasteiger partial charge in [-0.25, -0.2) is 0 Å². The van der Waals surface area contributed by atoms with E-state index in [0.29, 0.717) is 25.7 Å². The summed E-state index contributed by atoms with van der Waals surface area (Å²) in [6.07, 6.45) is 4.85. The third kappa shape index (κ3) is 6.59. The van der Waals surface area contributed by atoms with Crippen LogP contribution in [0.2, 0.25) is 0 Å². The van der Waals surface area contributed by atoms with Crippen molar-refractivity contribution in [1.82, 2.24) is 0 Å². The van der Waals surface area contributed by atoms with Gasteiger partial charge in [0.2, 0.25) is 0 Å². The van der Waals surface area contributed by atoms with Crippen LogP contribution < -0.4 is 5.73 Å². The predicted octanol–water partition coefficient (Wildman–Crippen LogP) is 3.44. The average molecular weight is 730 g/mol. The van der Waals surface area contributed by atoms with Gasteiger partial charge in [0.1, 0.15) is 36.3 Å². The first kappa shape index (κ1) is 36.4. The van der Waals surface area contributed by atoms with Crippen LogP contribution in [0.1, 0.15) is 90.4 Å². The van der Waals surface area contributed by atoms with Crippen molar-refractivity contribution >= 4 is 5.78 Å². The fourth-order valence-electron chi connectivity index (χ4n) is 11.3. The summed E-state index contributed by atoms with van der Waals surface area (Å²) in [6.45, 7) is 11.3. The van der Waals surface area contributed by atoms with E-state index in [-0.39, 0.29) is 122 Å². The number of hydrogen-bond acceptors (Lipinski definition) is 12. The van der Waals surface area contributed by atoms with Crippen molar-refractivity contribution in [2.45, 2.75) is 194 Å². The van der Waals surface area contributed by atoms with Crippen molar-refractivity contribution in [2.75, 3.05) is 13.7 Å². The first-order valence-electron chi connectivity index (χ1n) is 20.2. The molecule has 0 aromatic carbocycles. The highest BCUT2D eigenvalue weighted by molar-refractivity contribution is 5.79. The Hall–Kier alpha value is -1.29. The van der Waals surface area contributed by atoms with Gasteiger partial charge < -0.3 is 53.5 Å². The van der Waals surface area contributed by atoms with Crippen LogP contribution in [-0.2, 0) is 47.4 Å². The molecule has 0 saturated carbocycles. The Morgan fingerprint density at radius 3 is 2.38 bits per heavy atom. The molecular formula is C40H59NO11. The zero-order valence-electron chi connectivity index (χ0n) is 30.8. The first-order valence-corrected chi connectivity index (χ1v) is 20.2. The van der Waals surface area contributed by atoms with E-state index in [1.807, 2.05) is 0 Å². The van der Waals surface area contributed by atoms with Gasteiger partial charge in [0.05, 0.1) is 67.1 Å². The summed E-state index contributed by atoms with van der Waals surface area (Å²) >= 11 is 0. The third-order valence-corrected chi connectivity index (χ3v) is 14.0. The summed E-state index contributed by atoms with van der Waals surface area (Å²) in [5.74, 6) is -0.619. The van der Waals surface area contributed by atoms with E-state index >= 15 is 0 Å². The van der Waals surface area contributed by atoms with Crippen LogP contribution in [0.4, 0.5) is 0 Å². The quantitative estimate of drug-likeness (QED) is 0.409. The SMILES string of the molecule is C=C1CC2CC[C@@]34C[C@H]5OC6C(O3)C3OC(CC[C@@H]3OC6C5O4)CC(=O)CC3[C@H](C[C@H]4O[C@@H](CCC1O2)C[C@@H](C)C4=C)O[C@H](CC(O)CN)[C@@H]3OC. The molecule has 10 heterocycles. The molecule has 10 unspecified atom stereocenters. The molecule has 0 aromatic rings. The number of ether oxygens (including phenoxy) is 9. The Bertz CT molecular complexity index is 1380. The second-order valence-electron chi connectivity index (χ2n) is 17.4. The molecule has 0 aliphatic carbocycles. The molecule has 10 fully saturated rings. The van der Waals surface area contributed by atoms with Crippen molar-refractivity contribution < 1.29 is 52.5 Å². The topological polar surface area (TPSA) is 146 Å². The molecule has 52 heavy (non-hydrogen) atoms. The van der Waals surface area contributed by atoms with Gasteiger partial charge in [-0.3, -0.25) is 4.79 Å². The van der Waals surface area contributed by atoms with Gasteiger partial charge in [-0.2, -0.15) is 0 Å². The lowest BCUT2D eigenvalue weighted by Gasteiger charge is -2.47. The Labute approximate surface area is 307 Å². The van der Waals surface area contributed by atoms with Gasteiger partial charge in [0.15, 0.2) is 5.79 Å². The van der Waals surface area contributed by atoms with Gasteiger partial charge in [-0.05, 0) is 62.0 Å². The molecule has 0 radical (unpaired) electrons. The van der Waals surface area contributed by atoms with E-state index in [4.69, 9.17) is 48.4 Å². The molecule has 0 amide bonds. The van der Waals surface area contributed by atoms with E-state index in [9.17, 15) is 9.90 Å². The van der Waals surface area contributed by atoms with Crippen LogP contribution in [0.25, 0.3) is 0 Å². The number of fused-ring (bicyclic) bond motifs is 6. The smallest absolute Gasteiger partial charge is 0.172 e. The van der Waals surface area contributed by atoms with Gasteiger partial charge >= 0.3 is 0 Å². The van der Waals surface area contributed by atoms with Crippen LogP contribution >= 0.6 is 0 Å². The molecule has 19 atom stereocenters. The van der Waals surface area contributed by atoms with Crippen LogP contribution in [0.15, 0.2) is 24.3 Å². The second kappa shape index (κ2) is 14.3. The van der Waals surface area contributed by atoms with E-state index in [0.717, 1.165) is 56.1 Å². The van der Waals surface area contributed by atoms with Gasteiger partial charge in [0.25, 0.3) is 0 Å². The number of aliphatic hydroxyl groups excluding tert-OH is 1. The van der Waals surface area contributed by atoms with Gasteiger partial charge in [-0.15, -0.1) is 0 Å². The van der Waals surface area contributed by atoms with E-state index in [2.05, 4.69) is 20.1 Å². The van der Waals surface area contributed by atoms with Crippen LogP contribution in [0, 0.1) is 11.8 Å². The molecule has 12 heteroatoms. The highest BCUT2D eigenvalue weighted by atomic mass is 16.8. The van der Waals surface area contributed by atoms with Gasteiger partial charge in [0, 0.05) is 58.1 Å². The molecule has 10 rings (SSSR count). The summed E-state index contributed by atoms with van der Waals surface area (Å²) in [5, 5.41) is 10.5. The number of aliphatic hydroxyl groups is 1. The molecule has 10 aliphatic heterocycles. The van der Waals surface area contributed by atoms with E-state index in [1.165, 1.54) is 0 Å². The summed E-state index contributed by atoms with van der Waals surface area (Å²) < 4.78 is 60.0. The molecular weight excluding hydrogens is 670 g/mol. The third-order valence-electron chi connectivity index (χ3n) is 14.0. The summed E-state index contributed by atoms with van der Waals surface area (Å²) in [5.41, 5.74) is 8.01. The summed E-state index contributed by atoms with van der Waals surface area (Å²) in [7, 11) is 1.66. The second-order valence-corrected chi connectivity index (χ2v) is 17.4. The minimum absolute atomic E-state index is 0.0158. The van der Waals surface area contributed by atoms with E-state index in [1.54, 1.807) is 7.11 Å². The minimum atomic E-state index is -0.780. The maximum atomic E-state index is 14.1. The summed E-state index contributed by atoms with van der Waals surface area (Å²) in [6, 6.07) is 0. The van der Waals surface area contributed by atoms with Crippen molar-refractivity contribution in [2.24, 2.45) is 17.6 Å². The Balaban J connectivity index is 0.994. The fraction of sp³-hybridized carbons (Fsp3) is 0.875. The predicted molar refractivity (Wildman–Crippen MR) is 186 cm³/mol. The van der Waals surface area contributed by atoms with Crippen LogP contribution in [0.3, 0.4) is 0 Å². The molecule has 12 nitrogen and oxygen atoms in total. The maximum Gasteiger partial charge on any atom is 0.172 e.